The van der Waals surface area contributed by atoms with Gasteiger partial charge in [-0.05, 0) is 19.1 Å². The Kier molecular flexibility index (Phi) is 9.24. The van der Waals surface area contributed by atoms with Gasteiger partial charge in [0.1, 0.15) is 12.4 Å². The fraction of sp³-hybridized carbons (Fsp3) is 0.389. The molecule has 1 aromatic carbocycles. The van der Waals surface area contributed by atoms with E-state index in [0.29, 0.717) is 32.9 Å². The summed E-state index contributed by atoms with van der Waals surface area (Å²) in [6, 6.07) is 7.52. The van der Waals surface area contributed by atoms with Gasteiger partial charge in [0.05, 0.1) is 13.2 Å². The summed E-state index contributed by atoms with van der Waals surface area (Å²) in [5, 5.41) is 3.11. The molecule has 5 nitrogen and oxygen atoms in total. The van der Waals surface area contributed by atoms with E-state index in [-0.39, 0.29) is 12.5 Å². The van der Waals surface area contributed by atoms with Crippen LogP contribution in [0.15, 0.2) is 49.6 Å². The first-order chi connectivity index (χ1) is 11.2. The van der Waals surface area contributed by atoms with Gasteiger partial charge < -0.3 is 19.7 Å². The van der Waals surface area contributed by atoms with Gasteiger partial charge >= 0.3 is 0 Å². The quantitative estimate of drug-likeness (QED) is 0.475. The van der Waals surface area contributed by atoms with Crippen LogP contribution in [0.1, 0.15) is 6.92 Å². The second-order valence-corrected chi connectivity index (χ2v) is 4.80. The summed E-state index contributed by atoms with van der Waals surface area (Å²) in [6.07, 6.45) is 3.41. The lowest BCUT2D eigenvalue weighted by molar-refractivity contribution is -0.128. The topological polar surface area (TPSA) is 50.8 Å². The number of rotatable bonds is 12. The number of hydrogen-bond acceptors (Lipinski definition) is 4. The number of ether oxygens (including phenoxy) is 2. The van der Waals surface area contributed by atoms with Crippen molar-refractivity contribution in [2.45, 2.75) is 6.92 Å². The summed E-state index contributed by atoms with van der Waals surface area (Å²) >= 11 is 0. The van der Waals surface area contributed by atoms with Gasteiger partial charge in [-0.1, -0.05) is 18.2 Å². The van der Waals surface area contributed by atoms with E-state index in [1.165, 1.54) is 0 Å². The van der Waals surface area contributed by atoms with Crippen LogP contribution in [0.4, 0.5) is 5.69 Å². The molecular weight excluding hydrogens is 292 g/mol. The average Bonchev–Trinajstić information content (AvgIpc) is 2.57. The van der Waals surface area contributed by atoms with Crippen LogP contribution >= 0.6 is 0 Å². The lowest BCUT2D eigenvalue weighted by Gasteiger charge is -2.19. The number of hydrogen-bond donors (Lipinski definition) is 1. The average molecular weight is 318 g/mol. The number of amides is 1. The van der Waals surface area contributed by atoms with Crippen molar-refractivity contribution in [3.63, 3.8) is 0 Å². The molecule has 0 aliphatic carbocycles. The summed E-state index contributed by atoms with van der Waals surface area (Å²) in [5.74, 6) is 0.739. The zero-order chi connectivity index (χ0) is 16.9. The van der Waals surface area contributed by atoms with Gasteiger partial charge in [-0.15, -0.1) is 13.2 Å². The molecule has 0 heterocycles. The van der Waals surface area contributed by atoms with E-state index in [1.807, 2.05) is 31.2 Å². The second-order valence-electron chi connectivity index (χ2n) is 4.80. The SMILES string of the molecule is C=CCN(CC=C)C(=O)CNc1cccc(OCCOCC)c1. The molecule has 1 N–H and O–H groups in total. The zero-order valence-electron chi connectivity index (χ0n) is 13.8. The van der Waals surface area contributed by atoms with Gasteiger partial charge in [-0.2, -0.15) is 0 Å². The largest absolute Gasteiger partial charge is 0.491 e. The van der Waals surface area contributed by atoms with Crippen molar-refractivity contribution in [1.82, 2.24) is 4.90 Å². The molecule has 0 fully saturated rings. The van der Waals surface area contributed by atoms with Crippen LogP contribution in [-0.2, 0) is 9.53 Å². The maximum absolute atomic E-state index is 12.1. The third-order valence-electron chi connectivity index (χ3n) is 3.03. The Balaban J connectivity index is 2.48. The smallest absolute Gasteiger partial charge is 0.242 e. The van der Waals surface area contributed by atoms with Crippen LogP contribution in [0.25, 0.3) is 0 Å². The monoisotopic (exact) mass is 318 g/mol. The van der Waals surface area contributed by atoms with Gasteiger partial charge in [0, 0.05) is 31.5 Å². The molecule has 0 spiro atoms. The van der Waals surface area contributed by atoms with Gasteiger partial charge in [-0.25, -0.2) is 0 Å². The van der Waals surface area contributed by atoms with Gasteiger partial charge in [0.15, 0.2) is 0 Å². The van der Waals surface area contributed by atoms with Gasteiger partial charge in [0.25, 0.3) is 0 Å². The predicted octanol–water partition coefficient (Wildman–Crippen LogP) is 2.71. The Morgan fingerprint density at radius 1 is 1.26 bits per heavy atom. The van der Waals surface area contributed by atoms with Crippen molar-refractivity contribution in [3.8, 4) is 5.75 Å². The van der Waals surface area contributed by atoms with Crippen LogP contribution in [0.2, 0.25) is 0 Å². The molecule has 1 aromatic rings. The Morgan fingerprint density at radius 2 is 2.00 bits per heavy atom. The summed E-state index contributed by atoms with van der Waals surface area (Å²) in [5.41, 5.74) is 0.837. The van der Waals surface area contributed by atoms with Crippen molar-refractivity contribution in [1.29, 1.82) is 0 Å². The fourth-order valence-corrected chi connectivity index (χ4v) is 1.94. The fourth-order valence-electron chi connectivity index (χ4n) is 1.94. The Labute approximate surface area is 138 Å². The standard InChI is InChI=1S/C18H26N2O3/c1-4-10-20(11-5-2)18(21)15-19-16-8-7-9-17(14-16)23-13-12-22-6-3/h4-5,7-9,14,19H,1-2,6,10-13,15H2,3H3. The van der Waals surface area contributed by atoms with Crippen LogP contribution in [0.3, 0.4) is 0 Å². The highest BCUT2D eigenvalue weighted by atomic mass is 16.5. The Bertz CT molecular complexity index is 493. The van der Waals surface area contributed by atoms with Crippen LogP contribution in [0.5, 0.6) is 5.75 Å². The summed E-state index contributed by atoms with van der Waals surface area (Å²) in [7, 11) is 0. The van der Waals surface area contributed by atoms with E-state index in [4.69, 9.17) is 9.47 Å². The molecule has 0 unspecified atom stereocenters. The number of carbonyl (C=O) groups is 1. The molecule has 0 saturated carbocycles. The Morgan fingerprint density at radius 3 is 2.65 bits per heavy atom. The maximum atomic E-state index is 12.1. The van der Waals surface area contributed by atoms with Gasteiger partial charge in [0.2, 0.25) is 5.91 Å². The van der Waals surface area contributed by atoms with E-state index >= 15 is 0 Å². The first kappa shape index (κ1) is 18.8. The van der Waals surface area contributed by atoms with Crippen LogP contribution < -0.4 is 10.1 Å². The highest BCUT2D eigenvalue weighted by Crippen LogP contribution is 2.17. The van der Waals surface area contributed by atoms with Crippen LogP contribution in [0, 0.1) is 0 Å². The molecule has 0 aliphatic heterocycles. The van der Waals surface area contributed by atoms with E-state index < -0.39 is 0 Å². The normalized spacial score (nSPS) is 9.96. The van der Waals surface area contributed by atoms with Gasteiger partial charge in [-0.3, -0.25) is 4.79 Å². The molecule has 0 saturated heterocycles. The third kappa shape index (κ3) is 7.51. The van der Waals surface area contributed by atoms with E-state index in [9.17, 15) is 4.79 Å². The molecule has 1 amide bonds. The molecule has 5 heteroatoms. The van der Waals surface area contributed by atoms with E-state index in [0.717, 1.165) is 11.4 Å². The molecule has 0 aliphatic rings. The van der Waals surface area contributed by atoms with Crippen molar-refractivity contribution in [2.24, 2.45) is 0 Å². The van der Waals surface area contributed by atoms with Crippen molar-refractivity contribution in [2.75, 3.05) is 44.8 Å². The molecule has 0 bridgehead atoms. The molecule has 23 heavy (non-hydrogen) atoms. The maximum Gasteiger partial charge on any atom is 0.242 e. The van der Waals surface area contributed by atoms with Crippen molar-refractivity contribution >= 4 is 11.6 Å². The van der Waals surface area contributed by atoms with Crippen molar-refractivity contribution in [3.05, 3.63) is 49.6 Å². The number of nitrogens with zero attached hydrogens (tertiary/aromatic N) is 1. The zero-order valence-corrected chi connectivity index (χ0v) is 13.8. The summed E-state index contributed by atoms with van der Waals surface area (Å²) in [4.78, 5) is 13.8. The number of benzene rings is 1. The molecule has 0 atom stereocenters. The molecular formula is C18H26N2O3. The molecule has 1 rings (SSSR count). The lowest BCUT2D eigenvalue weighted by Crippen LogP contribution is -2.35. The minimum absolute atomic E-state index is 0.00697. The number of carbonyl (C=O) groups excluding carboxylic acids is 1. The van der Waals surface area contributed by atoms with E-state index in [1.54, 1.807) is 17.1 Å². The first-order valence-electron chi connectivity index (χ1n) is 7.75. The molecule has 0 aromatic heterocycles. The second kappa shape index (κ2) is 11.3. The van der Waals surface area contributed by atoms with E-state index in [2.05, 4.69) is 18.5 Å². The third-order valence-corrected chi connectivity index (χ3v) is 3.03. The lowest BCUT2D eigenvalue weighted by atomic mass is 10.3. The van der Waals surface area contributed by atoms with Crippen LogP contribution in [-0.4, -0.2) is 50.3 Å². The first-order valence-corrected chi connectivity index (χ1v) is 7.75. The summed E-state index contributed by atoms with van der Waals surface area (Å²) < 4.78 is 10.8. The molecule has 0 radical (unpaired) electrons. The number of anilines is 1. The molecule has 126 valence electrons. The summed E-state index contributed by atoms with van der Waals surface area (Å²) in [6.45, 7) is 12.2. The highest BCUT2D eigenvalue weighted by Gasteiger charge is 2.10. The predicted molar refractivity (Wildman–Crippen MR) is 93.9 cm³/mol. The number of nitrogens with one attached hydrogen (secondary N) is 1. The Hall–Kier alpha value is -2.27. The minimum atomic E-state index is -0.00697. The van der Waals surface area contributed by atoms with Crippen molar-refractivity contribution < 1.29 is 14.3 Å². The minimum Gasteiger partial charge on any atom is -0.491 e. The highest BCUT2D eigenvalue weighted by molar-refractivity contribution is 5.81.